The summed E-state index contributed by atoms with van der Waals surface area (Å²) < 4.78 is 0. The summed E-state index contributed by atoms with van der Waals surface area (Å²) in [6.45, 7) is 6.46. The van der Waals surface area contributed by atoms with E-state index in [9.17, 15) is 4.79 Å². The molecule has 2 nitrogen and oxygen atoms in total. The number of carbonyl (C=O) groups is 1. The molecule has 0 N–H and O–H groups in total. The molecule has 0 saturated carbocycles. The summed E-state index contributed by atoms with van der Waals surface area (Å²) in [6.07, 6.45) is 5.05. The molecule has 0 spiro atoms. The van der Waals surface area contributed by atoms with Crippen molar-refractivity contribution in [2.24, 2.45) is 11.8 Å². The van der Waals surface area contributed by atoms with Crippen LogP contribution in [0.3, 0.4) is 0 Å². The number of likely N-dealkylation sites (tertiary alicyclic amines) is 1. The largest absolute Gasteiger partial charge is 0.338 e. The smallest absolute Gasteiger partial charge is 0.253 e. The van der Waals surface area contributed by atoms with E-state index in [1.807, 2.05) is 35.2 Å². The van der Waals surface area contributed by atoms with Gasteiger partial charge in [0.05, 0.1) is 0 Å². The van der Waals surface area contributed by atoms with Crippen molar-refractivity contribution < 1.29 is 4.79 Å². The molecule has 19 heavy (non-hydrogen) atoms. The Morgan fingerprint density at radius 2 is 2.11 bits per heavy atom. The minimum absolute atomic E-state index is 0.200. The van der Waals surface area contributed by atoms with E-state index in [0.29, 0.717) is 5.92 Å². The molecule has 104 valence electrons. The van der Waals surface area contributed by atoms with Gasteiger partial charge < -0.3 is 4.90 Å². The van der Waals surface area contributed by atoms with Crippen LogP contribution in [-0.2, 0) is 0 Å². The SMILES string of the molecule is CCCCC(C)C1CCN(C(=O)c2ccccc2)C1. The Labute approximate surface area is 116 Å². The van der Waals surface area contributed by atoms with E-state index in [2.05, 4.69) is 13.8 Å². The second kappa shape index (κ2) is 6.74. The van der Waals surface area contributed by atoms with Gasteiger partial charge in [0.15, 0.2) is 0 Å². The molecule has 1 fully saturated rings. The monoisotopic (exact) mass is 259 g/mol. The number of nitrogens with zero attached hydrogens (tertiary/aromatic N) is 1. The van der Waals surface area contributed by atoms with Gasteiger partial charge in [-0.25, -0.2) is 0 Å². The van der Waals surface area contributed by atoms with E-state index in [1.165, 1.54) is 25.7 Å². The molecule has 1 heterocycles. The maximum atomic E-state index is 12.4. The van der Waals surface area contributed by atoms with Gasteiger partial charge in [0.1, 0.15) is 0 Å². The van der Waals surface area contributed by atoms with Crippen molar-refractivity contribution in [3.63, 3.8) is 0 Å². The molecule has 2 atom stereocenters. The molecule has 1 amide bonds. The number of rotatable bonds is 5. The highest BCUT2D eigenvalue weighted by atomic mass is 16.2. The lowest BCUT2D eigenvalue weighted by molar-refractivity contribution is 0.0782. The van der Waals surface area contributed by atoms with E-state index >= 15 is 0 Å². The van der Waals surface area contributed by atoms with Crippen LogP contribution in [0.1, 0.15) is 49.9 Å². The van der Waals surface area contributed by atoms with Gasteiger partial charge in [-0.05, 0) is 30.4 Å². The minimum Gasteiger partial charge on any atom is -0.338 e. The normalized spacial score (nSPS) is 20.5. The Morgan fingerprint density at radius 1 is 1.37 bits per heavy atom. The summed E-state index contributed by atoms with van der Waals surface area (Å²) in [4.78, 5) is 14.4. The summed E-state index contributed by atoms with van der Waals surface area (Å²) in [5.74, 6) is 1.64. The van der Waals surface area contributed by atoms with Crippen molar-refractivity contribution in [2.75, 3.05) is 13.1 Å². The van der Waals surface area contributed by atoms with Crippen molar-refractivity contribution in [1.82, 2.24) is 4.90 Å². The molecule has 0 radical (unpaired) electrons. The molecule has 1 aliphatic heterocycles. The topological polar surface area (TPSA) is 20.3 Å². The average Bonchev–Trinajstić information content (AvgIpc) is 2.94. The Morgan fingerprint density at radius 3 is 2.79 bits per heavy atom. The first-order valence-corrected chi connectivity index (χ1v) is 7.56. The lowest BCUT2D eigenvalue weighted by Crippen LogP contribution is -2.29. The molecule has 1 aromatic carbocycles. The zero-order valence-electron chi connectivity index (χ0n) is 12.1. The van der Waals surface area contributed by atoms with Gasteiger partial charge in [-0.15, -0.1) is 0 Å². The molecule has 0 aromatic heterocycles. The highest BCUT2D eigenvalue weighted by Gasteiger charge is 2.29. The molecule has 0 aliphatic carbocycles. The third-order valence-corrected chi connectivity index (χ3v) is 4.35. The summed E-state index contributed by atoms with van der Waals surface area (Å²) in [6, 6.07) is 9.65. The molecule has 0 bridgehead atoms. The summed E-state index contributed by atoms with van der Waals surface area (Å²) >= 11 is 0. The van der Waals surface area contributed by atoms with E-state index in [1.54, 1.807) is 0 Å². The Balaban J connectivity index is 1.89. The van der Waals surface area contributed by atoms with Crippen LogP contribution >= 0.6 is 0 Å². The van der Waals surface area contributed by atoms with Crippen LogP contribution in [0, 0.1) is 11.8 Å². The van der Waals surface area contributed by atoms with E-state index in [0.717, 1.165) is 24.6 Å². The molecule has 1 aliphatic rings. The van der Waals surface area contributed by atoms with Crippen molar-refractivity contribution in [2.45, 2.75) is 39.5 Å². The first kappa shape index (κ1) is 14.1. The maximum Gasteiger partial charge on any atom is 0.253 e. The highest BCUT2D eigenvalue weighted by Crippen LogP contribution is 2.28. The van der Waals surface area contributed by atoms with Crippen LogP contribution in [0.25, 0.3) is 0 Å². The quantitative estimate of drug-likeness (QED) is 0.783. The number of hydrogen-bond donors (Lipinski definition) is 0. The van der Waals surface area contributed by atoms with E-state index in [-0.39, 0.29) is 5.91 Å². The molecule has 1 saturated heterocycles. The number of carbonyl (C=O) groups excluding carboxylic acids is 1. The van der Waals surface area contributed by atoms with Crippen LogP contribution in [0.2, 0.25) is 0 Å². The van der Waals surface area contributed by atoms with Crippen molar-refractivity contribution in [3.8, 4) is 0 Å². The van der Waals surface area contributed by atoms with Gasteiger partial charge in [0.2, 0.25) is 0 Å². The fourth-order valence-corrected chi connectivity index (χ4v) is 2.96. The van der Waals surface area contributed by atoms with E-state index < -0.39 is 0 Å². The third-order valence-electron chi connectivity index (χ3n) is 4.35. The predicted molar refractivity (Wildman–Crippen MR) is 79.1 cm³/mol. The fraction of sp³-hybridized carbons (Fsp3) is 0.588. The van der Waals surface area contributed by atoms with Gasteiger partial charge in [0.25, 0.3) is 5.91 Å². The van der Waals surface area contributed by atoms with Gasteiger partial charge in [-0.3, -0.25) is 4.79 Å². The van der Waals surface area contributed by atoms with Crippen LogP contribution in [0.5, 0.6) is 0 Å². The lowest BCUT2D eigenvalue weighted by atomic mass is 9.89. The zero-order valence-corrected chi connectivity index (χ0v) is 12.1. The summed E-state index contributed by atoms with van der Waals surface area (Å²) in [5, 5.41) is 0. The predicted octanol–water partition coefficient (Wildman–Crippen LogP) is 3.98. The van der Waals surface area contributed by atoms with Crippen molar-refractivity contribution >= 4 is 5.91 Å². The lowest BCUT2D eigenvalue weighted by Gasteiger charge is -2.20. The number of amides is 1. The number of benzene rings is 1. The van der Waals surface area contributed by atoms with Gasteiger partial charge in [-0.2, -0.15) is 0 Å². The van der Waals surface area contributed by atoms with Gasteiger partial charge in [0, 0.05) is 18.7 Å². The molecule has 2 unspecified atom stereocenters. The summed E-state index contributed by atoms with van der Waals surface area (Å²) in [7, 11) is 0. The Kier molecular flexibility index (Phi) is 5.00. The van der Waals surface area contributed by atoms with Crippen molar-refractivity contribution in [1.29, 1.82) is 0 Å². The number of hydrogen-bond acceptors (Lipinski definition) is 1. The second-order valence-electron chi connectivity index (χ2n) is 5.79. The second-order valence-corrected chi connectivity index (χ2v) is 5.79. The van der Waals surface area contributed by atoms with Crippen LogP contribution in [0.4, 0.5) is 0 Å². The van der Waals surface area contributed by atoms with Gasteiger partial charge in [-0.1, -0.05) is 51.3 Å². The van der Waals surface area contributed by atoms with Crippen LogP contribution < -0.4 is 0 Å². The summed E-state index contributed by atoms with van der Waals surface area (Å²) in [5.41, 5.74) is 0.823. The van der Waals surface area contributed by atoms with Crippen molar-refractivity contribution in [3.05, 3.63) is 35.9 Å². The molecular formula is C17H25NO. The zero-order chi connectivity index (χ0) is 13.7. The highest BCUT2D eigenvalue weighted by molar-refractivity contribution is 5.94. The standard InChI is InChI=1S/C17H25NO/c1-3-4-8-14(2)16-11-12-18(13-16)17(19)15-9-6-5-7-10-15/h5-7,9-10,14,16H,3-4,8,11-13H2,1-2H3. The first-order valence-electron chi connectivity index (χ1n) is 7.56. The number of unbranched alkanes of at least 4 members (excludes halogenated alkanes) is 1. The van der Waals surface area contributed by atoms with Crippen LogP contribution in [0.15, 0.2) is 30.3 Å². The molecule has 2 heteroatoms. The van der Waals surface area contributed by atoms with Gasteiger partial charge >= 0.3 is 0 Å². The van der Waals surface area contributed by atoms with Crippen LogP contribution in [-0.4, -0.2) is 23.9 Å². The molecule has 2 rings (SSSR count). The minimum atomic E-state index is 0.200. The fourth-order valence-electron chi connectivity index (χ4n) is 2.96. The third kappa shape index (κ3) is 3.59. The molecular weight excluding hydrogens is 234 g/mol. The molecule has 1 aromatic rings. The van der Waals surface area contributed by atoms with E-state index in [4.69, 9.17) is 0 Å². The Hall–Kier alpha value is -1.31. The first-order chi connectivity index (χ1) is 9.22. The average molecular weight is 259 g/mol. The Bertz CT molecular complexity index is 401. The maximum absolute atomic E-state index is 12.4.